The van der Waals surface area contributed by atoms with Crippen molar-refractivity contribution in [1.29, 1.82) is 0 Å². The van der Waals surface area contributed by atoms with E-state index in [1.165, 1.54) is 0 Å². The molecule has 3 rings (SSSR count). The fourth-order valence-electron chi connectivity index (χ4n) is 2.31. The maximum Gasteiger partial charge on any atom is 0.165 e. The number of hydrogen-bond acceptors (Lipinski definition) is 5. The molecule has 0 aliphatic carbocycles. The van der Waals surface area contributed by atoms with Gasteiger partial charge in [-0.1, -0.05) is 12.1 Å². The van der Waals surface area contributed by atoms with Gasteiger partial charge in [-0.3, -0.25) is 0 Å². The van der Waals surface area contributed by atoms with E-state index in [-0.39, 0.29) is 6.04 Å². The van der Waals surface area contributed by atoms with Crippen LogP contribution in [0.4, 0.5) is 0 Å². The predicted molar refractivity (Wildman–Crippen MR) is 73.7 cm³/mol. The molecule has 0 spiro atoms. The smallest absolute Gasteiger partial charge is 0.165 e. The number of hydrogen-bond donors (Lipinski definition) is 1. The molecule has 0 radical (unpaired) electrons. The topological polar surface area (TPSA) is 61.2 Å². The number of nitrogens with zero attached hydrogens (tertiary/aromatic N) is 3. The molecule has 6 heteroatoms. The van der Waals surface area contributed by atoms with Gasteiger partial charge in [-0.2, -0.15) is 0 Å². The molecule has 1 aliphatic heterocycles. The normalized spacial score (nSPS) is 15.1. The summed E-state index contributed by atoms with van der Waals surface area (Å²) in [4.78, 5) is 0. The van der Waals surface area contributed by atoms with Gasteiger partial charge in [0, 0.05) is 19.2 Å². The van der Waals surface area contributed by atoms with Gasteiger partial charge < -0.3 is 19.4 Å². The van der Waals surface area contributed by atoms with E-state index in [9.17, 15) is 0 Å². The minimum atomic E-state index is 0.114. The van der Waals surface area contributed by atoms with Crippen LogP contribution in [-0.2, 0) is 13.6 Å². The summed E-state index contributed by atoms with van der Waals surface area (Å²) < 4.78 is 13.2. The van der Waals surface area contributed by atoms with Gasteiger partial charge in [-0.25, -0.2) is 0 Å². The highest BCUT2D eigenvalue weighted by Gasteiger charge is 2.17. The molecule has 6 nitrogen and oxygen atoms in total. The third-order valence-corrected chi connectivity index (χ3v) is 3.38. The largest absolute Gasteiger partial charge is 0.486 e. The molecule has 106 valence electrons. The molecule has 0 fully saturated rings. The first-order valence-electron chi connectivity index (χ1n) is 6.70. The minimum Gasteiger partial charge on any atom is -0.486 e. The lowest BCUT2D eigenvalue weighted by Crippen LogP contribution is -2.23. The zero-order valence-corrected chi connectivity index (χ0v) is 11.7. The van der Waals surface area contributed by atoms with Gasteiger partial charge in [-0.15, -0.1) is 10.2 Å². The molecule has 1 aromatic carbocycles. The monoisotopic (exact) mass is 274 g/mol. The van der Waals surface area contributed by atoms with Gasteiger partial charge in [0.25, 0.3) is 0 Å². The zero-order chi connectivity index (χ0) is 13.9. The number of ether oxygens (including phenoxy) is 2. The number of para-hydroxylation sites is 1. The highest BCUT2D eigenvalue weighted by atomic mass is 16.6. The molecule has 1 aliphatic rings. The van der Waals surface area contributed by atoms with Gasteiger partial charge in [0.2, 0.25) is 0 Å². The SMILES string of the molecule is CC(NCc1cccc2c1OCCO2)c1nncn1C. The quantitative estimate of drug-likeness (QED) is 0.914. The fourth-order valence-corrected chi connectivity index (χ4v) is 2.31. The van der Waals surface area contributed by atoms with Gasteiger partial charge in [0.1, 0.15) is 25.4 Å². The molecule has 1 atom stereocenters. The first-order chi connectivity index (χ1) is 9.75. The lowest BCUT2D eigenvalue weighted by molar-refractivity contribution is 0.169. The van der Waals surface area contributed by atoms with E-state index in [1.807, 2.05) is 29.8 Å². The van der Waals surface area contributed by atoms with Crippen LogP contribution in [0.5, 0.6) is 11.5 Å². The molecule has 1 aromatic heterocycles. The molecular weight excluding hydrogens is 256 g/mol. The molecule has 1 unspecified atom stereocenters. The van der Waals surface area contributed by atoms with Gasteiger partial charge in [0.05, 0.1) is 6.04 Å². The maximum absolute atomic E-state index is 5.70. The summed E-state index contributed by atoms with van der Waals surface area (Å²) in [6, 6.07) is 6.08. The molecule has 0 bridgehead atoms. The minimum absolute atomic E-state index is 0.114. The highest BCUT2D eigenvalue weighted by molar-refractivity contribution is 5.47. The van der Waals surface area contributed by atoms with E-state index in [4.69, 9.17) is 9.47 Å². The summed E-state index contributed by atoms with van der Waals surface area (Å²) in [5.74, 6) is 2.57. The van der Waals surface area contributed by atoms with Crippen molar-refractivity contribution in [2.24, 2.45) is 7.05 Å². The van der Waals surface area contributed by atoms with Crippen LogP contribution in [0.2, 0.25) is 0 Å². The number of fused-ring (bicyclic) bond motifs is 1. The van der Waals surface area contributed by atoms with Crippen LogP contribution in [0, 0.1) is 0 Å². The number of nitrogens with one attached hydrogen (secondary N) is 1. The van der Waals surface area contributed by atoms with Gasteiger partial charge in [0.15, 0.2) is 11.5 Å². The van der Waals surface area contributed by atoms with E-state index in [2.05, 4.69) is 22.4 Å². The molecule has 20 heavy (non-hydrogen) atoms. The van der Waals surface area contributed by atoms with Crippen molar-refractivity contribution in [3.8, 4) is 11.5 Å². The summed E-state index contributed by atoms with van der Waals surface area (Å²) >= 11 is 0. The average Bonchev–Trinajstić information content (AvgIpc) is 2.91. The van der Waals surface area contributed by atoms with E-state index in [0.717, 1.165) is 22.9 Å². The van der Waals surface area contributed by atoms with Crippen LogP contribution in [0.25, 0.3) is 0 Å². The van der Waals surface area contributed by atoms with E-state index in [1.54, 1.807) is 6.33 Å². The second-order valence-electron chi connectivity index (χ2n) is 4.84. The molecule has 0 saturated carbocycles. The Hall–Kier alpha value is -2.08. The Morgan fingerprint density at radius 1 is 1.35 bits per heavy atom. The second kappa shape index (κ2) is 5.50. The fraction of sp³-hybridized carbons (Fsp3) is 0.429. The number of rotatable bonds is 4. The van der Waals surface area contributed by atoms with E-state index < -0.39 is 0 Å². The number of benzene rings is 1. The second-order valence-corrected chi connectivity index (χ2v) is 4.84. The third-order valence-electron chi connectivity index (χ3n) is 3.38. The van der Waals surface area contributed by atoms with Crippen LogP contribution in [0.15, 0.2) is 24.5 Å². The number of aromatic nitrogens is 3. The lowest BCUT2D eigenvalue weighted by Gasteiger charge is -2.22. The molecule has 0 saturated heterocycles. The van der Waals surface area contributed by atoms with Crippen molar-refractivity contribution < 1.29 is 9.47 Å². The predicted octanol–water partition coefficient (Wildman–Crippen LogP) is 1.44. The van der Waals surface area contributed by atoms with Crippen molar-refractivity contribution in [2.75, 3.05) is 13.2 Å². The summed E-state index contributed by atoms with van der Waals surface area (Å²) in [5.41, 5.74) is 1.09. The van der Waals surface area contributed by atoms with Gasteiger partial charge >= 0.3 is 0 Å². The summed E-state index contributed by atoms with van der Waals surface area (Å²) in [5, 5.41) is 11.4. The number of aryl methyl sites for hydroxylation is 1. The molecule has 2 aromatic rings. The van der Waals surface area contributed by atoms with Crippen LogP contribution in [0.3, 0.4) is 0 Å². The van der Waals surface area contributed by atoms with E-state index in [0.29, 0.717) is 19.8 Å². The first kappa shape index (κ1) is 12.9. The van der Waals surface area contributed by atoms with Crippen molar-refractivity contribution in [3.63, 3.8) is 0 Å². The molecule has 0 amide bonds. The van der Waals surface area contributed by atoms with Crippen molar-refractivity contribution >= 4 is 0 Å². The Morgan fingerprint density at radius 3 is 3.00 bits per heavy atom. The van der Waals surface area contributed by atoms with E-state index >= 15 is 0 Å². The van der Waals surface area contributed by atoms with Crippen molar-refractivity contribution in [2.45, 2.75) is 19.5 Å². The van der Waals surface area contributed by atoms with Gasteiger partial charge in [-0.05, 0) is 13.0 Å². The van der Waals surface area contributed by atoms with Crippen LogP contribution in [-0.4, -0.2) is 28.0 Å². The highest BCUT2D eigenvalue weighted by Crippen LogP contribution is 2.33. The molecule has 2 heterocycles. The molecule has 1 N–H and O–H groups in total. The molecular formula is C14H18N4O2. The zero-order valence-electron chi connectivity index (χ0n) is 11.7. The Morgan fingerprint density at radius 2 is 2.20 bits per heavy atom. The standard InChI is InChI=1S/C14H18N4O2/c1-10(14-17-16-9-18(14)2)15-8-11-4-3-5-12-13(11)20-7-6-19-12/h3-5,9-10,15H,6-8H2,1-2H3. The average molecular weight is 274 g/mol. The Bertz CT molecular complexity index is 597. The maximum atomic E-state index is 5.70. The Kier molecular flexibility index (Phi) is 3.56. The first-order valence-corrected chi connectivity index (χ1v) is 6.70. The summed E-state index contributed by atoms with van der Waals surface area (Å²) in [7, 11) is 1.94. The van der Waals surface area contributed by atoms with Crippen LogP contribution < -0.4 is 14.8 Å². The summed E-state index contributed by atoms with van der Waals surface area (Å²) in [6.07, 6.45) is 1.70. The van der Waals surface area contributed by atoms with Crippen molar-refractivity contribution in [3.05, 3.63) is 35.9 Å². The van der Waals surface area contributed by atoms with Crippen LogP contribution in [0.1, 0.15) is 24.4 Å². The summed E-state index contributed by atoms with van der Waals surface area (Å²) in [6.45, 7) is 3.97. The lowest BCUT2D eigenvalue weighted by atomic mass is 10.1. The Balaban J connectivity index is 1.71. The van der Waals surface area contributed by atoms with Crippen molar-refractivity contribution in [1.82, 2.24) is 20.1 Å². The van der Waals surface area contributed by atoms with Crippen LogP contribution >= 0.6 is 0 Å². The Labute approximate surface area is 117 Å². The third kappa shape index (κ3) is 2.46.